The van der Waals surface area contributed by atoms with Crippen LogP contribution in [0.25, 0.3) is 10.9 Å². The summed E-state index contributed by atoms with van der Waals surface area (Å²) in [6, 6.07) is 7.77. The Morgan fingerprint density at radius 1 is 1.18 bits per heavy atom. The average Bonchev–Trinajstić information content (AvgIpc) is 2.97. The van der Waals surface area contributed by atoms with E-state index in [2.05, 4.69) is 44.9 Å². The predicted octanol–water partition coefficient (Wildman–Crippen LogP) is 6.14. The van der Waals surface area contributed by atoms with E-state index in [-0.39, 0.29) is 21.5 Å². The molecule has 3 rings (SSSR count). The third kappa shape index (κ3) is 4.20. The van der Waals surface area contributed by atoms with Gasteiger partial charge in [0, 0.05) is 23.3 Å². The molecule has 0 radical (unpaired) electrons. The first-order valence-corrected chi connectivity index (χ1v) is 9.59. The Bertz CT molecular complexity index is 1010. The lowest BCUT2D eigenvalue weighted by molar-refractivity contribution is 0.0961. The van der Waals surface area contributed by atoms with E-state index in [0.717, 1.165) is 11.8 Å². The van der Waals surface area contributed by atoms with Crippen molar-refractivity contribution in [2.75, 3.05) is 5.32 Å². The summed E-state index contributed by atoms with van der Waals surface area (Å²) in [6.07, 6.45) is 4.20. The number of hydrogen-bond acceptors (Lipinski definition) is 3. The van der Waals surface area contributed by atoms with Crippen molar-refractivity contribution in [3.63, 3.8) is 0 Å². The van der Waals surface area contributed by atoms with Crippen molar-refractivity contribution in [2.24, 2.45) is 5.41 Å². The highest BCUT2D eigenvalue weighted by atomic mass is 35.5. The SMILES string of the molecule is CC(C)(C)CC(C)(C)Nc1nccc2c1ccn2C(=O)c1c(F)cccc1Cl. The third-order valence-electron chi connectivity index (χ3n) is 4.44. The monoisotopic (exact) mass is 401 g/mol. The molecule has 0 aliphatic rings. The number of carbonyl (C=O) groups is 1. The molecule has 6 heteroatoms. The molecule has 3 aromatic rings. The number of benzene rings is 1. The zero-order chi connectivity index (χ0) is 20.7. The van der Waals surface area contributed by atoms with Gasteiger partial charge in [-0.3, -0.25) is 9.36 Å². The molecule has 0 aliphatic carbocycles. The molecule has 1 aromatic carbocycles. The van der Waals surface area contributed by atoms with Gasteiger partial charge in [0.15, 0.2) is 0 Å². The number of rotatable bonds is 4. The van der Waals surface area contributed by atoms with E-state index in [0.29, 0.717) is 11.3 Å². The largest absolute Gasteiger partial charge is 0.365 e. The van der Waals surface area contributed by atoms with Gasteiger partial charge >= 0.3 is 0 Å². The van der Waals surface area contributed by atoms with Gasteiger partial charge < -0.3 is 5.32 Å². The lowest BCUT2D eigenvalue weighted by Gasteiger charge is -2.34. The maximum atomic E-state index is 14.2. The van der Waals surface area contributed by atoms with Gasteiger partial charge in [0.25, 0.3) is 5.91 Å². The fraction of sp³-hybridized carbons (Fsp3) is 0.364. The smallest absolute Gasteiger partial charge is 0.266 e. The summed E-state index contributed by atoms with van der Waals surface area (Å²) in [6.45, 7) is 10.8. The van der Waals surface area contributed by atoms with Crippen LogP contribution < -0.4 is 5.32 Å². The molecule has 0 amide bonds. The molecule has 148 valence electrons. The van der Waals surface area contributed by atoms with Crippen molar-refractivity contribution in [1.82, 2.24) is 9.55 Å². The number of hydrogen-bond donors (Lipinski definition) is 1. The zero-order valence-corrected chi connectivity index (χ0v) is 17.6. The molecule has 0 fully saturated rings. The summed E-state index contributed by atoms with van der Waals surface area (Å²) in [5.74, 6) is -0.458. The molecule has 0 saturated carbocycles. The van der Waals surface area contributed by atoms with Crippen LogP contribution in [0.4, 0.5) is 10.2 Å². The van der Waals surface area contributed by atoms with E-state index in [1.54, 1.807) is 18.5 Å². The summed E-state index contributed by atoms with van der Waals surface area (Å²) in [5.41, 5.74) is 0.461. The first-order chi connectivity index (χ1) is 13.0. The van der Waals surface area contributed by atoms with Gasteiger partial charge in [-0.05, 0) is 49.9 Å². The van der Waals surface area contributed by atoms with Crippen LogP contribution in [-0.2, 0) is 0 Å². The fourth-order valence-electron chi connectivity index (χ4n) is 3.86. The highest BCUT2D eigenvalue weighted by Gasteiger charge is 2.27. The molecule has 28 heavy (non-hydrogen) atoms. The van der Waals surface area contributed by atoms with Crippen molar-refractivity contribution in [2.45, 2.75) is 46.6 Å². The first-order valence-electron chi connectivity index (χ1n) is 9.21. The van der Waals surface area contributed by atoms with Gasteiger partial charge in [0.2, 0.25) is 0 Å². The Morgan fingerprint density at radius 3 is 2.54 bits per heavy atom. The molecular formula is C22H25ClFN3O. The van der Waals surface area contributed by atoms with E-state index < -0.39 is 11.7 Å². The number of anilines is 1. The van der Waals surface area contributed by atoms with Crippen LogP contribution in [0.1, 0.15) is 51.4 Å². The lowest BCUT2D eigenvalue weighted by Crippen LogP contribution is -2.35. The number of nitrogens with one attached hydrogen (secondary N) is 1. The van der Waals surface area contributed by atoms with E-state index in [4.69, 9.17) is 11.6 Å². The van der Waals surface area contributed by atoms with E-state index in [9.17, 15) is 9.18 Å². The van der Waals surface area contributed by atoms with Crippen molar-refractivity contribution in [3.8, 4) is 0 Å². The minimum Gasteiger partial charge on any atom is -0.365 e. The van der Waals surface area contributed by atoms with Crippen LogP contribution in [0, 0.1) is 11.2 Å². The van der Waals surface area contributed by atoms with E-state index in [1.807, 2.05) is 6.07 Å². The van der Waals surface area contributed by atoms with Gasteiger partial charge in [-0.25, -0.2) is 9.37 Å². The van der Waals surface area contributed by atoms with Crippen LogP contribution in [-0.4, -0.2) is 21.0 Å². The summed E-state index contributed by atoms with van der Waals surface area (Å²) in [7, 11) is 0. The summed E-state index contributed by atoms with van der Waals surface area (Å²) in [4.78, 5) is 17.4. The maximum Gasteiger partial charge on any atom is 0.266 e. The van der Waals surface area contributed by atoms with Crippen molar-refractivity contribution in [1.29, 1.82) is 0 Å². The minimum absolute atomic E-state index is 0.0885. The topological polar surface area (TPSA) is 46.9 Å². The fourth-order valence-corrected chi connectivity index (χ4v) is 4.10. The van der Waals surface area contributed by atoms with Crippen LogP contribution in [0.15, 0.2) is 42.7 Å². The van der Waals surface area contributed by atoms with Crippen LogP contribution in [0.3, 0.4) is 0 Å². The maximum absolute atomic E-state index is 14.2. The Balaban J connectivity index is 2.01. The number of carbonyl (C=O) groups excluding carboxylic acids is 1. The van der Waals surface area contributed by atoms with Gasteiger partial charge in [0.1, 0.15) is 11.6 Å². The van der Waals surface area contributed by atoms with Crippen LogP contribution in [0.2, 0.25) is 5.02 Å². The van der Waals surface area contributed by atoms with Gasteiger partial charge in [-0.1, -0.05) is 38.4 Å². The molecule has 4 nitrogen and oxygen atoms in total. The second kappa shape index (κ2) is 7.21. The molecule has 0 saturated heterocycles. The second-order valence-electron chi connectivity index (χ2n) is 8.93. The summed E-state index contributed by atoms with van der Waals surface area (Å²) < 4.78 is 15.6. The zero-order valence-electron chi connectivity index (χ0n) is 16.8. The molecule has 2 aromatic heterocycles. The standard InChI is InChI=1S/C22H25ClFN3O/c1-21(2,3)13-22(4,5)26-19-14-10-12-27(17(14)9-11-25-19)20(28)18-15(23)7-6-8-16(18)24/h6-12H,13H2,1-5H3,(H,25,26). The molecular weight excluding hydrogens is 377 g/mol. The number of pyridine rings is 1. The number of halogens is 2. The Hall–Kier alpha value is -2.40. The Kier molecular flexibility index (Phi) is 5.24. The van der Waals surface area contributed by atoms with Gasteiger partial charge in [-0.15, -0.1) is 0 Å². The molecule has 0 spiro atoms. The molecule has 1 N–H and O–H groups in total. The predicted molar refractivity (Wildman–Crippen MR) is 113 cm³/mol. The normalized spacial score (nSPS) is 12.4. The number of fused-ring (bicyclic) bond motifs is 1. The third-order valence-corrected chi connectivity index (χ3v) is 4.76. The Morgan fingerprint density at radius 2 is 1.89 bits per heavy atom. The summed E-state index contributed by atoms with van der Waals surface area (Å²) >= 11 is 6.07. The molecule has 0 bridgehead atoms. The molecule has 0 atom stereocenters. The molecule has 2 heterocycles. The highest BCUT2D eigenvalue weighted by Crippen LogP contribution is 2.32. The quantitative estimate of drug-likeness (QED) is 0.570. The van der Waals surface area contributed by atoms with E-state index >= 15 is 0 Å². The second-order valence-corrected chi connectivity index (χ2v) is 9.33. The average molecular weight is 402 g/mol. The van der Waals surface area contributed by atoms with Gasteiger partial charge in [0.05, 0.1) is 16.1 Å². The van der Waals surface area contributed by atoms with Crippen molar-refractivity contribution in [3.05, 3.63) is 59.1 Å². The Labute approximate surface area is 169 Å². The number of aromatic nitrogens is 2. The van der Waals surface area contributed by atoms with Crippen molar-refractivity contribution >= 4 is 34.2 Å². The van der Waals surface area contributed by atoms with Gasteiger partial charge in [-0.2, -0.15) is 0 Å². The highest BCUT2D eigenvalue weighted by molar-refractivity contribution is 6.34. The van der Waals surface area contributed by atoms with Crippen molar-refractivity contribution < 1.29 is 9.18 Å². The minimum atomic E-state index is -0.641. The molecule has 0 aliphatic heterocycles. The summed E-state index contributed by atoms with van der Waals surface area (Å²) in [5, 5.41) is 4.38. The molecule has 0 unspecified atom stereocenters. The number of nitrogens with zero attached hydrogens (tertiary/aromatic N) is 2. The van der Waals surface area contributed by atoms with Crippen LogP contribution >= 0.6 is 11.6 Å². The van der Waals surface area contributed by atoms with Crippen LogP contribution in [0.5, 0.6) is 0 Å². The van der Waals surface area contributed by atoms with E-state index in [1.165, 1.54) is 22.8 Å². The lowest BCUT2D eigenvalue weighted by atomic mass is 9.82. The first kappa shape index (κ1) is 20.3.